The van der Waals surface area contributed by atoms with Gasteiger partial charge in [0.15, 0.2) is 0 Å². The smallest absolute Gasteiger partial charge is 0.230 e. The molecule has 1 aromatic heterocycles. The molecular formula is C23H31N3O. The minimum absolute atomic E-state index is 0.171. The zero-order chi connectivity index (χ0) is 19.3. The Balaban J connectivity index is 1.70. The molecule has 1 saturated heterocycles. The minimum Gasteiger partial charge on any atom is -0.340 e. The van der Waals surface area contributed by atoms with Crippen LogP contribution in [0.25, 0.3) is 0 Å². The molecule has 0 spiro atoms. The number of benzene rings is 1. The van der Waals surface area contributed by atoms with Crippen LogP contribution in [0.1, 0.15) is 37.9 Å². The lowest BCUT2D eigenvalue weighted by Gasteiger charge is -2.39. The van der Waals surface area contributed by atoms with Gasteiger partial charge in [-0.3, -0.25) is 14.7 Å². The highest BCUT2D eigenvalue weighted by Crippen LogP contribution is 2.24. The molecule has 144 valence electrons. The van der Waals surface area contributed by atoms with Crippen LogP contribution in [0.4, 0.5) is 0 Å². The highest BCUT2D eigenvalue weighted by molar-refractivity contribution is 5.84. The molecule has 1 fully saturated rings. The molecule has 0 bridgehead atoms. The number of amides is 1. The van der Waals surface area contributed by atoms with Crippen LogP contribution in [-0.2, 0) is 11.2 Å². The van der Waals surface area contributed by atoms with Gasteiger partial charge >= 0.3 is 0 Å². The van der Waals surface area contributed by atoms with Crippen molar-refractivity contribution in [3.05, 3.63) is 66.0 Å². The second kappa shape index (κ2) is 8.66. The van der Waals surface area contributed by atoms with Gasteiger partial charge in [-0.05, 0) is 23.1 Å². The lowest BCUT2D eigenvalue weighted by atomic mass is 9.92. The Hall–Kier alpha value is -2.20. The summed E-state index contributed by atoms with van der Waals surface area (Å²) in [6, 6.07) is 16.0. The number of aromatic nitrogens is 1. The first kappa shape index (κ1) is 19.6. The Kier molecular flexibility index (Phi) is 6.27. The summed E-state index contributed by atoms with van der Waals surface area (Å²) in [5.41, 5.74) is 2.33. The van der Waals surface area contributed by atoms with E-state index in [0.717, 1.165) is 44.0 Å². The molecule has 0 radical (unpaired) electrons. The predicted molar refractivity (Wildman–Crippen MR) is 110 cm³/mol. The van der Waals surface area contributed by atoms with Gasteiger partial charge in [-0.15, -0.1) is 0 Å². The van der Waals surface area contributed by atoms with E-state index in [1.165, 1.54) is 0 Å². The van der Waals surface area contributed by atoms with Crippen molar-refractivity contribution >= 4 is 5.91 Å². The zero-order valence-corrected chi connectivity index (χ0v) is 16.8. The van der Waals surface area contributed by atoms with Gasteiger partial charge in [0, 0.05) is 51.0 Å². The number of hydrogen-bond donors (Lipinski definition) is 0. The molecule has 0 saturated carbocycles. The van der Waals surface area contributed by atoms with Crippen LogP contribution in [0.15, 0.2) is 54.7 Å². The molecule has 1 unspecified atom stereocenters. The first-order valence-corrected chi connectivity index (χ1v) is 9.88. The van der Waals surface area contributed by atoms with E-state index in [2.05, 4.69) is 42.8 Å². The standard InChI is InChI=1S/C23H31N3O/c1-23(2,3)18-25-13-15-26(16-14-25)22(27)21(19-9-5-4-6-10-19)17-20-11-7-8-12-24-20/h4-12,21H,13-18H2,1-3H3. The molecule has 0 aliphatic carbocycles. The number of carbonyl (C=O) groups excluding carboxylic acids is 1. The molecule has 1 aliphatic rings. The van der Waals surface area contributed by atoms with Crippen molar-refractivity contribution in [3.63, 3.8) is 0 Å². The van der Waals surface area contributed by atoms with Crippen LogP contribution in [0.2, 0.25) is 0 Å². The summed E-state index contributed by atoms with van der Waals surface area (Å²) in [4.78, 5) is 22.3. The molecule has 1 aromatic carbocycles. The highest BCUT2D eigenvalue weighted by atomic mass is 16.2. The summed E-state index contributed by atoms with van der Waals surface area (Å²) in [5, 5.41) is 0. The SMILES string of the molecule is CC(C)(C)CN1CCN(C(=O)C(Cc2ccccn2)c2ccccc2)CC1. The average molecular weight is 366 g/mol. The van der Waals surface area contributed by atoms with Crippen LogP contribution in [0.5, 0.6) is 0 Å². The number of pyridine rings is 1. The average Bonchev–Trinajstić information content (AvgIpc) is 2.66. The minimum atomic E-state index is -0.171. The van der Waals surface area contributed by atoms with E-state index in [1.54, 1.807) is 6.20 Å². The summed E-state index contributed by atoms with van der Waals surface area (Å²) in [6.07, 6.45) is 2.44. The van der Waals surface area contributed by atoms with Gasteiger partial charge in [0.1, 0.15) is 0 Å². The maximum absolute atomic E-state index is 13.4. The third-order valence-electron chi connectivity index (χ3n) is 5.02. The molecule has 0 N–H and O–H groups in total. The Bertz CT molecular complexity index is 716. The highest BCUT2D eigenvalue weighted by Gasteiger charge is 2.30. The molecule has 1 atom stereocenters. The molecule has 1 aliphatic heterocycles. The molecule has 27 heavy (non-hydrogen) atoms. The fourth-order valence-corrected chi connectivity index (χ4v) is 3.78. The van der Waals surface area contributed by atoms with Gasteiger partial charge in [-0.2, -0.15) is 0 Å². The van der Waals surface area contributed by atoms with E-state index < -0.39 is 0 Å². The largest absolute Gasteiger partial charge is 0.340 e. The molecule has 4 heteroatoms. The lowest BCUT2D eigenvalue weighted by molar-refractivity contribution is -0.134. The van der Waals surface area contributed by atoms with Gasteiger partial charge in [-0.1, -0.05) is 57.2 Å². The fraction of sp³-hybridized carbons (Fsp3) is 0.478. The summed E-state index contributed by atoms with van der Waals surface area (Å²) >= 11 is 0. The van der Waals surface area contributed by atoms with Crippen molar-refractivity contribution in [2.75, 3.05) is 32.7 Å². The molecule has 1 amide bonds. The Morgan fingerprint density at radius 3 is 2.26 bits per heavy atom. The molecule has 3 rings (SSSR count). The predicted octanol–water partition coefficient (Wildman–Crippen LogP) is 3.60. The van der Waals surface area contributed by atoms with Crippen LogP contribution in [0.3, 0.4) is 0 Å². The quantitative estimate of drug-likeness (QED) is 0.812. The van der Waals surface area contributed by atoms with Crippen molar-refractivity contribution in [2.24, 2.45) is 5.41 Å². The van der Waals surface area contributed by atoms with E-state index in [-0.39, 0.29) is 17.2 Å². The Morgan fingerprint density at radius 1 is 1.00 bits per heavy atom. The fourth-order valence-electron chi connectivity index (χ4n) is 3.78. The van der Waals surface area contributed by atoms with E-state index >= 15 is 0 Å². The van der Waals surface area contributed by atoms with Gasteiger partial charge in [0.05, 0.1) is 5.92 Å². The van der Waals surface area contributed by atoms with Crippen LogP contribution in [0, 0.1) is 5.41 Å². The Labute approximate surface area is 163 Å². The van der Waals surface area contributed by atoms with Crippen molar-refractivity contribution in [1.82, 2.24) is 14.8 Å². The van der Waals surface area contributed by atoms with E-state index in [9.17, 15) is 4.79 Å². The summed E-state index contributed by atoms with van der Waals surface area (Å²) < 4.78 is 0. The lowest BCUT2D eigenvalue weighted by Crippen LogP contribution is -2.51. The summed E-state index contributed by atoms with van der Waals surface area (Å²) in [6.45, 7) is 11.4. The van der Waals surface area contributed by atoms with Gasteiger partial charge in [0.25, 0.3) is 0 Å². The number of hydrogen-bond acceptors (Lipinski definition) is 3. The number of piperazine rings is 1. The summed E-state index contributed by atoms with van der Waals surface area (Å²) in [5.74, 6) is 0.0533. The first-order chi connectivity index (χ1) is 12.9. The van der Waals surface area contributed by atoms with Crippen LogP contribution >= 0.6 is 0 Å². The third kappa shape index (κ3) is 5.64. The molecule has 2 aromatic rings. The number of carbonyl (C=O) groups is 1. The van der Waals surface area contributed by atoms with Crippen LogP contribution in [-0.4, -0.2) is 53.4 Å². The zero-order valence-electron chi connectivity index (χ0n) is 16.8. The van der Waals surface area contributed by atoms with Crippen molar-refractivity contribution in [1.29, 1.82) is 0 Å². The second-order valence-electron chi connectivity index (χ2n) is 8.65. The second-order valence-corrected chi connectivity index (χ2v) is 8.65. The van der Waals surface area contributed by atoms with Crippen molar-refractivity contribution < 1.29 is 4.79 Å². The van der Waals surface area contributed by atoms with Gasteiger partial charge in [-0.25, -0.2) is 0 Å². The first-order valence-electron chi connectivity index (χ1n) is 9.88. The molecule has 2 heterocycles. The number of rotatable bonds is 5. The van der Waals surface area contributed by atoms with E-state index in [1.807, 2.05) is 41.3 Å². The van der Waals surface area contributed by atoms with Crippen molar-refractivity contribution in [2.45, 2.75) is 33.1 Å². The third-order valence-corrected chi connectivity index (χ3v) is 5.02. The molecule has 4 nitrogen and oxygen atoms in total. The maximum atomic E-state index is 13.4. The van der Waals surface area contributed by atoms with Crippen molar-refractivity contribution in [3.8, 4) is 0 Å². The molecular weight excluding hydrogens is 334 g/mol. The monoisotopic (exact) mass is 365 g/mol. The van der Waals surface area contributed by atoms with E-state index in [0.29, 0.717) is 6.42 Å². The Morgan fingerprint density at radius 2 is 1.67 bits per heavy atom. The van der Waals surface area contributed by atoms with Crippen LogP contribution < -0.4 is 0 Å². The van der Waals surface area contributed by atoms with Gasteiger partial charge < -0.3 is 4.90 Å². The number of nitrogens with zero attached hydrogens (tertiary/aromatic N) is 3. The topological polar surface area (TPSA) is 36.4 Å². The van der Waals surface area contributed by atoms with E-state index in [4.69, 9.17) is 0 Å². The van der Waals surface area contributed by atoms with Gasteiger partial charge in [0.2, 0.25) is 5.91 Å². The summed E-state index contributed by atoms with van der Waals surface area (Å²) in [7, 11) is 0. The normalized spacial score (nSPS) is 16.9. The maximum Gasteiger partial charge on any atom is 0.230 e.